The molecule has 0 bridgehead atoms. The number of anilines is 1. The monoisotopic (exact) mass is 470 g/mol. The second-order valence-corrected chi connectivity index (χ2v) is 9.79. The van der Waals surface area contributed by atoms with Crippen molar-refractivity contribution >= 4 is 33.4 Å². The Kier molecular flexibility index (Phi) is 8.58. The lowest BCUT2D eigenvalue weighted by atomic mass is 10.3. The predicted octanol–water partition coefficient (Wildman–Crippen LogP) is 4.19. The molecule has 0 radical (unpaired) electrons. The minimum atomic E-state index is -3.92. The highest BCUT2D eigenvalue weighted by Crippen LogP contribution is 2.25. The Morgan fingerprint density at radius 1 is 0.938 bits per heavy atom. The molecule has 3 aromatic rings. The topological polar surface area (TPSA) is 75.7 Å². The van der Waals surface area contributed by atoms with E-state index in [-0.39, 0.29) is 17.3 Å². The Morgan fingerprint density at radius 3 is 2.19 bits per heavy atom. The van der Waals surface area contributed by atoms with Crippen LogP contribution in [-0.4, -0.2) is 39.8 Å². The van der Waals surface area contributed by atoms with Crippen LogP contribution in [-0.2, 0) is 14.8 Å². The van der Waals surface area contributed by atoms with Crippen molar-refractivity contribution in [2.75, 3.05) is 29.8 Å². The molecule has 0 fully saturated rings. The highest BCUT2D eigenvalue weighted by molar-refractivity contribution is 7.99. The molecule has 0 atom stereocenters. The fourth-order valence-electron chi connectivity index (χ4n) is 2.97. The van der Waals surface area contributed by atoms with Gasteiger partial charge in [-0.25, -0.2) is 8.42 Å². The first-order valence-electron chi connectivity index (χ1n) is 10.3. The summed E-state index contributed by atoms with van der Waals surface area (Å²) in [6.07, 6.45) is 0. The van der Waals surface area contributed by atoms with E-state index in [4.69, 9.17) is 4.74 Å². The smallest absolute Gasteiger partial charge is 0.264 e. The van der Waals surface area contributed by atoms with E-state index in [1.807, 2.05) is 37.3 Å². The molecule has 1 amide bonds. The zero-order valence-corrected chi connectivity index (χ0v) is 19.4. The van der Waals surface area contributed by atoms with Gasteiger partial charge in [-0.05, 0) is 55.5 Å². The maximum absolute atomic E-state index is 13.3. The van der Waals surface area contributed by atoms with Crippen molar-refractivity contribution in [1.82, 2.24) is 5.32 Å². The molecule has 8 heteroatoms. The zero-order chi connectivity index (χ0) is 22.8. The van der Waals surface area contributed by atoms with E-state index < -0.39 is 10.0 Å². The molecule has 0 heterocycles. The summed E-state index contributed by atoms with van der Waals surface area (Å²) in [5.41, 5.74) is 0.395. The third-order valence-corrected chi connectivity index (χ3v) is 7.29. The second-order valence-electron chi connectivity index (χ2n) is 6.76. The minimum Gasteiger partial charge on any atom is -0.494 e. The Labute approximate surface area is 193 Å². The van der Waals surface area contributed by atoms with Gasteiger partial charge in [0.15, 0.2) is 0 Å². The third kappa shape index (κ3) is 6.51. The number of nitrogens with one attached hydrogen (secondary N) is 1. The van der Waals surface area contributed by atoms with Gasteiger partial charge in [0, 0.05) is 17.2 Å². The molecule has 0 saturated heterocycles. The first-order valence-corrected chi connectivity index (χ1v) is 12.7. The standard InChI is InChI=1S/C24H26N2O4S2/c1-2-30-21-15-13-20(14-16-21)26(32(28,29)23-11-7-4-8-12-23)19-24(27)25-17-18-31-22-9-5-3-6-10-22/h3-16H,2,17-19H2,1H3,(H,25,27). The number of hydrogen-bond acceptors (Lipinski definition) is 5. The van der Waals surface area contributed by atoms with Crippen molar-refractivity contribution in [3.05, 3.63) is 84.9 Å². The first kappa shape index (κ1) is 23.7. The van der Waals surface area contributed by atoms with Gasteiger partial charge in [-0.15, -0.1) is 11.8 Å². The summed E-state index contributed by atoms with van der Waals surface area (Å²) in [5.74, 6) is 0.951. The van der Waals surface area contributed by atoms with Gasteiger partial charge in [-0.2, -0.15) is 0 Å². The molecule has 1 N–H and O–H groups in total. The fourth-order valence-corrected chi connectivity index (χ4v) is 5.20. The lowest BCUT2D eigenvalue weighted by Crippen LogP contribution is -2.41. The van der Waals surface area contributed by atoms with E-state index in [0.29, 0.717) is 30.3 Å². The number of benzene rings is 3. The molecule has 0 aliphatic heterocycles. The average Bonchev–Trinajstić information content (AvgIpc) is 2.82. The second kappa shape index (κ2) is 11.6. The van der Waals surface area contributed by atoms with E-state index in [9.17, 15) is 13.2 Å². The maximum atomic E-state index is 13.3. The molecule has 3 rings (SSSR count). The third-order valence-electron chi connectivity index (χ3n) is 4.49. The Bertz CT molecular complexity index is 1090. The molecule has 168 valence electrons. The van der Waals surface area contributed by atoms with E-state index in [1.54, 1.807) is 54.2 Å². The summed E-state index contributed by atoms with van der Waals surface area (Å²) in [7, 11) is -3.92. The molecular formula is C24H26N2O4S2. The normalized spacial score (nSPS) is 11.0. The number of thioether (sulfide) groups is 1. The van der Waals surface area contributed by atoms with Crippen LogP contribution >= 0.6 is 11.8 Å². The van der Waals surface area contributed by atoms with Crippen molar-refractivity contribution in [2.24, 2.45) is 0 Å². The van der Waals surface area contributed by atoms with Gasteiger partial charge in [0.25, 0.3) is 10.0 Å². The Balaban J connectivity index is 1.71. The summed E-state index contributed by atoms with van der Waals surface area (Å²) in [4.78, 5) is 13.9. The quantitative estimate of drug-likeness (QED) is 0.336. The molecule has 0 aliphatic carbocycles. The van der Waals surface area contributed by atoms with Crippen LogP contribution in [0, 0.1) is 0 Å². The summed E-state index contributed by atoms with van der Waals surface area (Å²) in [5, 5.41) is 2.82. The lowest BCUT2D eigenvalue weighted by molar-refractivity contribution is -0.119. The predicted molar refractivity (Wildman–Crippen MR) is 129 cm³/mol. The molecule has 0 spiro atoms. The van der Waals surface area contributed by atoms with Gasteiger partial charge in [0.05, 0.1) is 17.2 Å². The first-order chi connectivity index (χ1) is 15.5. The van der Waals surface area contributed by atoms with E-state index in [1.165, 1.54) is 12.1 Å². The Morgan fingerprint density at radius 2 is 1.56 bits per heavy atom. The van der Waals surface area contributed by atoms with Gasteiger partial charge in [0.2, 0.25) is 5.91 Å². The minimum absolute atomic E-state index is 0.126. The number of amides is 1. The Hall–Kier alpha value is -2.97. The largest absolute Gasteiger partial charge is 0.494 e. The molecule has 6 nitrogen and oxygen atoms in total. The lowest BCUT2D eigenvalue weighted by Gasteiger charge is -2.24. The molecule has 0 unspecified atom stereocenters. The number of sulfonamides is 1. The summed E-state index contributed by atoms with van der Waals surface area (Å²) >= 11 is 1.63. The van der Waals surface area contributed by atoms with Crippen LogP contribution in [0.15, 0.2) is 94.7 Å². The highest BCUT2D eigenvalue weighted by Gasteiger charge is 2.27. The molecule has 32 heavy (non-hydrogen) atoms. The summed E-state index contributed by atoms with van der Waals surface area (Å²) < 4.78 is 33.2. The average molecular weight is 471 g/mol. The molecule has 0 aliphatic rings. The van der Waals surface area contributed by atoms with Crippen molar-refractivity contribution in [3.8, 4) is 5.75 Å². The molecule has 0 aromatic heterocycles. The number of hydrogen-bond donors (Lipinski definition) is 1. The van der Waals surface area contributed by atoms with Crippen molar-refractivity contribution in [2.45, 2.75) is 16.7 Å². The SMILES string of the molecule is CCOc1ccc(N(CC(=O)NCCSc2ccccc2)S(=O)(=O)c2ccccc2)cc1. The molecule has 0 saturated carbocycles. The highest BCUT2D eigenvalue weighted by atomic mass is 32.2. The van der Waals surface area contributed by atoms with Crippen LogP contribution < -0.4 is 14.4 Å². The van der Waals surface area contributed by atoms with Crippen LogP contribution in [0.25, 0.3) is 0 Å². The van der Waals surface area contributed by atoms with Gasteiger partial charge >= 0.3 is 0 Å². The van der Waals surface area contributed by atoms with Crippen molar-refractivity contribution in [1.29, 1.82) is 0 Å². The van der Waals surface area contributed by atoms with Gasteiger partial charge in [-0.3, -0.25) is 9.10 Å². The van der Waals surface area contributed by atoms with Crippen molar-refractivity contribution < 1.29 is 17.9 Å². The molecular weight excluding hydrogens is 444 g/mol. The van der Waals surface area contributed by atoms with E-state index >= 15 is 0 Å². The molecule has 3 aromatic carbocycles. The van der Waals surface area contributed by atoms with Crippen LogP contribution in [0.2, 0.25) is 0 Å². The summed E-state index contributed by atoms with van der Waals surface area (Å²) in [6, 6.07) is 24.7. The maximum Gasteiger partial charge on any atom is 0.264 e. The van der Waals surface area contributed by atoms with Gasteiger partial charge in [-0.1, -0.05) is 36.4 Å². The zero-order valence-electron chi connectivity index (χ0n) is 17.8. The van der Waals surface area contributed by atoms with Crippen LogP contribution in [0.4, 0.5) is 5.69 Å². The summed E-state index contributed by atoms with van der Waals surface area (Å²) in [6.45, 7) is 2.50. The van der Waals surface area contributed by atoms with Crippen LogP contribution in [0.1, 0.15) is 6.92 Å². The number of ether oxygens (including phenoxy) is 1. The fraction of sp³-hybridized carbons (Fsp3) is 0.208. The van der Waals surface area contributed by atoms with E-state index in [0.717, 1.165) is 9.20 Å². The number of nitrogens with zero attached hydrogens (tertiary/aromatic N) is 1. The number of rotatable bonds is 11. The van der Waals surface area contributed by atoms with Crippen LogP contribution in [0.3, 0.4) is 0 Å². The number of carbonyl (C=O) groups excluding carboxylic acids is 1. The van der Waals surface area contributed by atoms with Crippen LogP contribution in [0.5, 0.6) is 5.75 Å². The van der Waals surface area contributed by atoms with Crippen molar-refractivity contribution in [3.63, 3.8) is 0 Å². The van der Waals surface area contributed by atoms with E-state index in [2.05, 4.69) is 5.32 Å². The number of carbonyl (C=O) groups is 1. The van der Waals surface area contributed by atoms with Gasteiger partial charge < -0.3 is 10.1 Å². The van der Waals surface area contributed by atoms with Gasteiger partial charge in [0.1, 0.15) is 12.3 Å².